The Morgan fingerprint density at radius 3 is 2.14 bits per heavy atom. The van der Waals surface area contributed by atoms with Gasteiger partial charge in [0.2, 0.25) is 17.7 Å². The third-order valence-electron chi connectivity index (χ3n) is 2.66. The minimum absolute atomic E-state index is 0.149. The largest absolute Gasteiger partial charge is 0.481 e. The number of nitrogens with one attached hydrogen (secondary N) is 1. The second-order valence-electron chi connectivity index (χ2n) is 4.51. The van der Waals surface area contributed by atoms with E-state index in [9.17, 15) is 18.0 Å². The van der Waals surface area contributed by atoms with Crippen LogP contribution in [-0.4, -0.2) is 61.5 Å². The van der Waals surface area contributed by atoms with Gasteiger partial charge in [0.25, 0.3) is 0 Å². The van der Waals surface area contributed by atoms with E-state index in [0.29, 0.717) is 0 Å². The van der Waals surface area contributed by atoms with Crippen LogP contribution < -0.4 is 14.8 Å². The fourth-order valence-electron chi connectivity index (χ4n) is 1.56. The Balaban J connectivity index is 0.000000307. The molecule has 0 aliphatic heterocycles. The van der Waals surface area contributed by atoms with E-state index in [1.807, 2.05) is 5.32 Å². The Morgan fingerprint density at radius 2 is 1.75 bits per heavy atom. The molecule has 13 nitrogen and oxygen atoms in total. The van der Waals surface area contributed by atoms with Crippen LogP contribution in [0.5, 0.6) is 11.8 Å². The lowest BCUT2D eigenvalue weighted by molar-refractivity contribution is 0.0601. The average Bonchev–Trinajstić information content (AvgIpc) is 2.98. The summed E-state index contributed by atoms with van der Waals surface area (Å²) in [4.78, 5) is 29.4. The number of halogens is 1. The molecule has 0 aromatic carbocycles. The highest BCUT2D eigenvalue weighted by molar-refractivity contribution is 7.62. The lowest BCUT2D eigenvalue weighted by Gasteiger charge is -2.05. The van der Waals surface area contributed by atoms with E-state index in [2.05, 4.69) is 24.2 Å². The minimum Gasteiger partial charge on any atom is -0.481 e. The molecule has 2 heterocycles. The zero-order valence-electron chi connectivity index (χ0n) is 15.0. The number of hydrogen-bond donors (Lipinski definition) is 1. The first-order valence-corrected chi connectivity index (χ1v) is 8.47. The lowest BCUT2D eigenvalue weighted by Crippen LogP contribution is -2.10. The van der Waals surface area contributed by atoms with Gasteiger partial charge in [0, 0.05) is 13.2 Å². The van der Waals surface area contributed by atoms with E-state index in [1.165, 1.54) is 38.3 Å². The molecule has 152 valence electrons. The van der Waals surface area contributed by atoms with Crippen molar-refractivity contribution in [3.05, 3.63) is 23.0 Å². The summed E-state index contributed by atoms with van der Waals surface area (Å²) in [7, 11) is 2.87. The van der Waals surface area contributed by atoms with Crippen LogP contribution in [0.25, 0.3) is 0 Å². The van der Waals surface area contributed by atoms with E-state index in [4.69, 9.17) is 21.1 Å². The fraction of sp³-hybridized carbons (Fsp3) is 0.308. The summed E-state index contributed by atoms with van der Waals surface area (Å²) >= 11 is 5.59. The summed E-state index contributed by atoms with van der Waals surface area (Å²) in [5, 5.41) is 5.97. The van der Waals surface area contributed by atoms with Crippen molar-refractivity contribution in [2.45, 2.75) is 0 Å². The van der Waals surface area contributed by atoms with Crippen molar-refractivity contribution in [2.24, 2.45) is 11.4 Å². The van der Waals surface area contributed by atoms with E-state index >= 15 is 0 Å². The summed E-state index contributed by atoms with van der Waals surface area (Å²) in [5.41, 5.74) is 0.289. The lowest BCUT2D eigenvalue weighted by atomic mass is 10.4. The molecule has 0 saturated heterocycles. The molecule has 2 amide bonds. The number of methoxy groups -OCH3 is 3. The quantitative estimate of drug-likeness (QED) is 0.684. The minimum atomic E-state index is -2.84. The second kappa shape index (κ2) is 10.8. The molecular weight excluding hydrogens is 420 g/mol. The Kier molecular flexibility index (Phi) is 8.77. The van der Waals surface area contributed by atoms with Crippen LogP contribution in [0.1, 0.15) is 10.4 Å². The van der Waals surface area contributed by atoms with Crippen molar-refractivity contribution in [3.63, 3.8) is 0 Å². The van der Waals surface area contributed by atoms with E-state index in [0.717, 1.165) is 0 Å². The molecule has 15 heteroatoms. The third kappa shape index (κ3) is 7.16. The Labute approximate surface area is 165 Å². The van der Waals surface area contributed by atoms with Crippen LogP contribution in [-0.2, 0) is 22.3 Å². The SMILES string of the molecule is COC(=O)c1cn(C)nc1Cl.COc1cc(OC)nc(NC(=O)N=S(=O)=O)n1. The van der Waals surface area contributed by atoms with Crippen molar-refractivity contribution >= 4 is 40.1 Å². The fourth-order valence-corrected chi connectivity index (χ4v) is 1.99. The smallest absolute Gasteiger partial charge is 0.362 e. The van der Waals surface area contributed by atoms with Crippen molar-refractivity contribution in [1.29, 1.82) is 0 Å². The van der Waals surface area contributed by atoms with Gasteiger partial charge in [-0.05, 0) is 0 Å². The summed E-state index contributed by atoms with van der Waals surface area (Å²) in [6.45, 7) is 0. The standard InChI is InChI=1S/C7H8N4O5S.C6H7ClN2O2/c1-15-4-3-5(16-2)9-6(8-4)10-7(12)11-17(13)14;1-9-3-4(5(7)8-9)6(10)11-2/h3H,1-2H3,(H,8,9,10,12);3H,1-2H3. The molecule has 0 atom stereocenters. The predicted octanol–water partition coefficient (Wildman–Crippen LogP) is 0.948. The first-order chi connectivity index (χ1) is 13.2. The summed E-state index contributed by atoms with van der Waals surface area (Å²) in [6, 6.07) is 0.270. The van der Waals surface area contributed by atoms with Gasteiger partial charge in [-0.1, -0.05) is 16.0 Å². The number of ether oxygens (including phenoxy) is 3. The number of aromatic nitrogens is 4. The summed E-state index contributed by atoms with van der Waals surface area (Å²) < 4.78 is 38.5. The van der Waals surface area contributed by atoms with Gasteiger partial charge in [-0.2, -0.15) is 23.5 Å². The van der Waals surface area contributed by atoms with Crippen molar-refractivity contribution < 1.29 is 32.2 Å². The van der Waals surface area contributed by atoms with Crippen molar-refractivity contribution in [3.8, 4) is 11.8 Å². The number of aryl methyl sites for hydroxylation is 1. The first kappa shape index (κ1) is 22.8. The van der Waals surface area contributed by atoms with Gasteiger partial charge >= 0.3 is 22.5 Å². The molecule has 0 unspecified atom stereocenters. The van der Waals surface area contributed by atoms with Crippen LogP contribution >= 0.6 is 11.6 Å². The molecule has 2 aromatic rings. The highest BCUT2D eigenvalue weighted by Crippen LogP contribution is 2.17. The number of hydrogen-bond acceptors (Lipinski definition) is 10. The topological polar surface area (TPSA) is 164 Å². The van der Waals surface area contributed by atoms with E-state index in [-0.39, 0.29) is 28.4 Å². The number of nitrogens with zero attached hydrogens (tertiary/aromatic N) is 5. The molecule has 0 fully saturated rings. The van der Waals surface area contributed by atoms with Gasteiger partial charge in [0.05, 0.1) is 27.4 Å². The van der Waals surface area contributed by atoms with Crippen molar-refractivity contribution in [1.82, 2.24) is 19.7 Å². The number of carbonyl (C=O) groups excluding carboxylic acids is 2. The second-order valence-corrected chi connectivity index (χ2v) is 5.49. The molecule has 1 N–H and O–H groups in total. The van der Waals surface area contributed by atoms with Gasteiger partial charge in [-0.15, -0.1) is 0 Å². The number of urea groups is 1. The average molecular weight is 435 g/mol. The van der Waals surface area contributed by atoms with Gasteiger partial charge in [-0.3, -0.25) is 10.00 Å². The third-order valence-corrected chi connectivity index (χ3v) is 3.26. The maximum atomic E-state index is 11.0. The molecular formula is C13H15ClN6O7S. The van der Waals surface area contributed by atoms with Crippen LogP contribution in [0.3, 0.4) is 0 Å². The Hall–Kier alpha value is -3.26. The Morgan fingerprint density at radius 1 is 1.18 bits per heavy atom. The highest BCUT2D eigenvalue weighted by atomic mass is 35.5. The molecule has 0 bridgehead atoms. The maximum Gasteiger partial charge on any atom is 0.362 e. The van der Waals surface area contributed by atoms with Gasteiger partial charge in [-0.25, -0.2) is 9.59 Å². The molecule has 0 radical (unpaired) electrons. The summed E-state index contributed by atoms with van der Waals surface area (Å²) in [6.07, 6.45) is 1.51. The normalized spacial score (nSPS) is 9.46. The number of amides is 2. The number of anilines is 1. The van der Waals surface area contributed by atoms with Gasteiger partial charge < -0.3 is 14.2 Å². The van der Waals surface area contributed by atoms with Crippen LogP contribution in [0.2, 0.25) is 5.15 Å². The molecule has 2 aromatic heterocycles. The van der Waals surface area contributed by atoms with Gasteiger partial charge in [0.1, 0.15) is 5.56 Å². The highest BCUT2D eigenvalue weighted by Gasteiger charge is 2.13. The summed E-state index contributed by atoms with van der Waals surface area (Å²) in [5.74, 6) is -0.353. The van der Waals surface area contributed by atoms with Crippen LogP contribution in [0.4, 0.5) is 10.7 Å². The van der Waals surface area contributed by atoms with Crippen molar-refractivity contribution in [2.75, 3.05) is 26.6 Å². The molecule has 0 saturated carbocycles. The molecule has 0 spiro atoms. The molecule has 2 rings (SSSR count). The molecule has 0 aliphatic rings. The van der Waals surface area contributed by atoms with Crippen LogP contribution in [0, 0.1) is 0 Å². The van der Waals surface area contributed by atoms with Crippen LogP contribution in [0.15, 0.2) is 16.6 Å². The number of carbonyl (C=O) groups is 2. The zero-order chi connectivity index (χ0) is 21.3. The predicted molar refractivity (Wildman–Crippen MR) is 95.1 cm³/mol. The van der Waals surface area contributed by atoms with Gasteiger partial charge in [0.15, 0.2) is 5.15 Å². The van der Waals surface area contributed by atoms with E-state index in [1.54, 1.807) is 7.05 Å². The number of rotatable bonds is 4. The molecule has 28 heavy (non-hydrogen) atoms. The first-order valence-electron chi connectivity index (χ1n) is 7.06. The Bertz CT molecular complexity index is 961. The maximum absolute atomic E-state index is 11.0. The monoisotopic (exact) mass is 434 g/mol. The number of esters is 1. The molecule has 0 aliphatic carbocycles. The van der Waals surface area contributed by atoms with E-state index < -0.39 is 22.5 Å². The zero-order valence-corrected chi connectivity index (χ0v) is 16.6.